The van der Waals surface area contributed by atoms with Crippen LogP contribution in [0.15, 0.2) is 47.6 Å². The zero-order valence-electron chi connectivity index (χ0n) is 14.0. The number of carbonyl (C=O) groups is 1. The Morgan fingerprint density at radius 3 is 2.52 bits per heavy atom. The van der Waals surface area contributed by atoms with Gasteiger partial charge in [0.2, 0.25) is 16.1 Å². The van der Waals surface area contributed by atoms with E-state index in [1.807, 2.05) is 0 Å². The third kappa shape index (κ3) is 4.74. The van der Waals surface area contributed by atoms with Crippen LogP contribution in [0.2, 0.25) is 0 Å². The molecule has 0 spiro atoms. The van der Waals surface area contributed by atoms with Gasteiger partial charge in [0.1, 0.15) is 5.69 Å². The number of amides is 1. The summed E-state index contributed by atoms with van der Waals surface area (Å²) in [5.41, 5.74) is 0.0556. The molecular formula is C15H14N6O4S2. The molecule has 0 radical (unpaired) electrons. The lowest BCUT2D eigenvalue weighted by Crippen LogP contribution is -2.14. The van der Waals surface area contributed by atoms with Crippen LogP contribution in [0, 0.1) is 0 Å². The Labute approximate surface area is 158 Å². The number of hydrogen-bond acceptors (Lipinski definition) is 9. The summed E-state index contributed by atoms with van der Waals surface area (Å²) in [6.07, 6.45) is 2.60. The zero-order chi connectivity index (χ0) is 19.3. The van der Waals surface area contributed by atoms with Crippen LogP contribution in [0.3, 0.4) is 0 Å². The van der Waals surface area contributed by atoms with Crippen molar-refractivity contribution in [2.75, 3.05) is 16.6 Å². The first-order chi connectivity index (χ1) is 13.0. The van der Waals surface area contributed by atoms with Crippen molar-refractivity contribution >= 4 is 37.5 Å². The topological polar surface area (TPSA) is 136 Å². The molecule has 2 aromatic heterocycles. The van der Waals surface area contributed by atoms with E-state index in [2.05, 4.69) is 30.2 Å². The van der Waals surface area contributed by atoms with Crippen molar-refractivity contribution in [3.8, 4) is 5.88 Å². The van der Waals surface area contributed by atoms with E-state index in [1.54, 1.807) is 25.1 Å². The van der Waals surface area contributed by atoms with Crippen LogP contribution < -0.4 is 14.8 Å². The lowest BCUT2D eigenvalue weighted by atomic mass is 10.4. The number of ether oxygens (including phenoxy) is 1. The average Bonchev–Trinajstić information content (AvgIpc) is 3.09. The fourth-order valence-electron chi connectivity index (χ4n) is 1.91. The van der Waals surface area contributed by atoms with E-state index in [9.17, 15) is 13.2 Å². The number of anilines is 2. The van der Waals surface area contributed by atoms with Crippen LogP contribution in [0.1, 0.15) is 17.4 Å². The first-order valence-corrected chi connectivity index (χ1v) is 9.95. The largest absolute Gasteiger partial charge is 0.477 e. The van der Waals surface area contributed by atoms with Gasteiger partial charge in [-0.05, 0) is 19.1 Å². The first-order valence-electron chi connectivity index (χ1n) is 7.65. The highest BCUT2D eigenvalue weighted by Crippen LogP contribution is 2.23. The SMILES string of the molecule is CCOc1cnc(C(=O)Nc2nnc(NS(=O)(=O)c3ccccc3)s2)cn1. The van der Waals surface area contributed by atoms with Gasteiger partial charge >= 0.3 is 0 Å². The quantitative estimate of drug-likeness (QED) is 0.606. The smallest absolute Gasteiger partial charge is 0.277 e. The van der Waals surface area contributed by atoms with Crippen molar-refractivity contribution in [1.82, 2.24) is 20.2 Å². The van der Waals surface area contributed by atoms with Crippen LogP contribution in [0.4, 0.5) is 10.3 Å². The molecule has 1 amide bonds. The van der Waals surface area contributed by atoms with Crippen LogP contribution in [0.25, 0.3) is 0 Å². The molecule has 3 rings (SSSR count). The Morgan fingerprint density at radius 2 is 1.85 bits per heavy atom. The molecule has 0 aliphatic heterocycles. The highest BCUT2D eigenvalue weighted by Gasteiger charge is 2.17. The van der Waals surface area contributed by atoms with Gasteiger partial charge < -0.3 is 4.74 Å². The molecule has 0 unspecified atom stereocenters. The van der Waals surface area contributed by atoms with E-state index in [1.165, 1.54) is 24.5 Å². The molecule has 0 saturated carbocycles. The summed E-state index contributed by atoms with van der Waals surface area (Å²) >= 11 is 0.871. The van der Waals surface area contributed by atoms with Crippen molar-refractivity contribution in [3.05, 3.63) is 48.4 Å². The molecule has 140 valence electrons. The minimum absolute atomic E-state index is 0.0203. The lowest BCUT2D eigenvalue weighted by molar-refractivity contribution is 0.102. The van der Waals surface area contributed by atoms with Gasteiger partial charge in [0.25, 0.3) is 15.9 Å². The Hall–Kier alpha value is -3.12. The van der Waals surface area contributed by atoms with Crippen molar-refractivity contribution in [1.29, 1.82) is 0 Å². The Balaban J connectivity index is 1.66. The second-order valence-corrected chi connectivity index (χ2v) is 7.62. The summed E-state index contributed by atoms with van der Waals surface area (Å²) in [7, 11) is -3.78. The number of aromatic nitrogens is 4. The summed E-state index contributed by atoms with van der Waals surface area (Å²) < 4.78 is 32.0. The second kappa shape index (κ2) is 8.05. The molecule has 0 aliphatic rings. The van der Waals surface area contributed by atoms with E-state index in [0.717, 1.165) is 11.3 Å². The second-order valence-electron chi connectivity index (χ2n) is 4.96. The number of sulfonamides is 1. The number of benzene rings is 1. The first kappa shape index (κ1) is 18.7. The fraction of sp³-hybridized carbons (Fsp3) is 0.133. The molecule has 0 fully saturated rings. The van der Waals surface area contributed by atoms with Gasteiger partial charge in [-0.25, -0.2) is 18.4 Å². The number of nitrogens with one attached hydrogen (secondary N) is 2. The fourth-order valence-corrected chi connectivity index (χ4v) is 3.80. The van der Waals surface area contributed by atoms with E-state index >= 15 is 0 Å². The molecule has 0 aliphatic carbocycles. The molecule has 1 aromatic carbocycles. The van der Waals surface area contributed by atoms with Crippen LogP contribution in [-0.4, -0.2) is 41.1 Å². The monoisotopic (exact) mass is 406 g/mol. The number of carbonyl (C=O) groups excluding carboxylic acids is 1. The summed E-state index contributed by atoms with van der Waals surface area (Å²) in [6, 6.07) is 7.84. The molecule has 10 nitrogen and oxygen atoms in total. The molecule has 0 bridgehead atoms. The molecular weight excluding hydrogens is 392 g/mol. The summed E-state index contributed by atoms with van der Waals surface area (Å²) in [5.74, 6) is -0.248. The highest BCUT2D eigenvalue weighted by atomic mass is 32.2. The molecule has 2 N–H and O–H groups in total. The summed E-state index contributed by atoms with van der Waals surface area (Å²) in [4.78, 5) is 20.1. The van der Waals surface area contributed by atoms with Crippen LogP contribution in [0.5, 0.6) is 5.88 Å². The Morgan fingerprint density at radius 1 is 1.11 bits per heavy atom. The number of hydrogen-bond donors (Lipinski definition) is 2. The Kier molecular flexibility index (Phi) is 5.57. The van der Waals surface area contributed by atoms with Gasteiger partial charge in [-0.3, -0.25) is 14.8 Å². The van der Waals surface area contributed by atoms with Crippen molar-refractivity contribution < 1.29 is 17.9 Å². The Bertz CT molecular complexity index is 1020. The van der Waals surface area contributed by atoms with Crippen molar-refractivity contribution in [3.63, 3.8) is 0 Å². The summed E-state index contributed by atoms with van der Waals surface area (Å²) in [5, 5.41) is 10.1. The minimum Gasteiger partial charge on any atom is -0.477 e. The third-order valence-electron chi connectivity index (χ3n) is 3.07. The van der Waals surface area contributed by atoms with Gasteiger partial charge in [0, 0.05) is 0 Å². The van der Waals surface area contributed by atoms with Crippen LogP contribution >= 0.6 is 11.3 Å². The molecule has 2 heterocycles. The maximum absolute atomic E-state index is 12.2. The van der Waals surface area contributed by atoms with E-state index in [0.29, 0.717) is 12.5 Å². The van der Waals surface area contributed by atoms with Crippen molar-refractivity contribution in [2.24, 2.45) is 0 Å². The molecule has 3 aromatic rings. The maximum atomic E-state index is 12.2. The van der Waals surface area contributed by atoms with Gasteiger partial charge in [-0.15, -0.1) is 10.2 Å². The van der Waals surface area contributed by atoms with Gasteiger partial charge in [-0.2, -0.15) is 0 Å². The van der Waals surface area contributed by atoms with E-state index in [4.69, 9.17) is 4.74 Å². The predicted molar refractivity (Wildman–Crippen MR) is 98.3 cm³/mol. The standard InChI is InChI=1S/C15H14N6O4S2/c1-2-25-12-9-16-11(8-17-12)13(22)18-14-19-20-15(26-14)21-27(23,24)10-6-4-3-5-7-10/h3-9H,2H2,1H3,(H,20,21)(H,18,19,22). The molecule has 12 heteroatoms. The number of nitrogens with zero attached hydrogens (tertiary/aromatic N) is 4. The normalized spacial score (nSPS) is 11.0. The van der Waals surface area contributed by atoms with E-state index in [-0.39, 0.29) is 20.9 Å². The lowest BCUT2D eigenvalue weighted by Gasteiger charge is -2.03. The third-order valence-corrected chi connectivity index (χ3v) is 5.31. The van der Waals surface area contributed by atoms with Gasteiger partial charge in [-0.1, -0.05) is 29.5 Å². The molecule has 0 saturated heterocycles. The van der Waals surface area contributed by atoms with E-state index < -0.39 is 15.9 Å². The average molecular weight is 406 g/mol. The maximum Gasteiger partial charge on any atom is 0.277 e. The van der Waals surface area contributed by atoms with Gasteiger partial charge in [0.05, 0.1) is 23.9 Å². The van der Waals surface area contributed by atoms with Crippen LogP contribution in [-0.2, 0) is 10.0 Å². The zero-order valence-corrected chi connectivity index (χ0v) is 15.6. The highest BCUT2D eigenvalue weighted by molar-refractivity contribution is 7.93. The predicted octanol–water partition coefficient (Wildman–Crippen LogP) is 1.78. The minimum atomic E-state index is -3.78. The number of rotatable bonds is 7. The molecule has 0 atom stereocenters. The summed E-state index contributed by atoms with van der Waals surface area (Å²) in [6.45, 7) is 2.24. The van der Waals surface area contributed by atoms with Gasteiger partial charge in [0.15, 0.2) is 0 Å². The molecule has 27 heavy (non-hydrogen) atoms. The van der Waals surface area contributed by atoms with Crippen molar-refractivity contribution in [2.45, 2.75) is 11.8 Å².